The van der Waals surface area contributed by atoms with Crippen LogP contribution in [0.4, 0.5) is 0 Å². The van der Waals surface area contributed by atoms with Crippen LogP contribution >= 0.6 is 0 Å². The molecule has 0 aliphatic carbocycles. The van der Waals surface area contributed by atoms with Gasteiger partial charge in [-0.15, -0.1) is 0 Å². The van der Waals surface area contributed by atoms with Gasteiger partial charge in [0.2, 0.25) is 12.7 Å². The highest BCUT2D eigenvalue weighted by molar-refractivity contribution is 7.91. The van der Waals surface area contributed by atoms with E-state index in [2.05, 4.69) is 5.32 Å². The second kappa shape index (κ2) is 5.22. The second-order valence-corrected chi connectivity index (χ2v) is 7.67. The average Bonchev–Trinajstić information content (AvgIpc) is 3.03. The van der Waals surface area contributed by atoms with Crippen molar-refractivity contribution in [2.24, 2.45) is 5.92 Å². The van der Waals surface area contributed by atoms with Gasteiger partial charge in [0, 0.05) is 0 Å². The molecule has 0 aromatic heterocycles. The number of nitrogens with one attached hydrogen (secondary N) is 1. The van der Waals surface area contributed by atoms with Crippen LogP contribution in [0.2, 0.25) is 0 Å². The molecule has 1 fully saturated rings. The van der Waals surface area contributed by atoms with Gasteiger partial charge in [-0.3, -0.25) is 4.79 Å². The van der Waals surface area contributed by atoms with Crippen LogP contribution < -0.4 is 14.8 Å². The zero-order chi connectivity index (χ0) is 15.0. The molecule has 0 bridgehead atoms. The van der Waals surface area contributed by atoms with Gasteiger partial charge in [0.15, 0.2) is 21.3 Å². The standard InChI is InChI=1S/C14H17NO5S/c1-9(10-2-3-12-13(6-10)20-8-19-12)15-14(16)11-4-5-21(17,18)7-11/h2-3,6,9,11H,4-5,7-8H2,1H3,(H,15,16). The lowest BCUT2D eigenvalue weighted by atomic mass is 10.0. The molecular formula is C14H17NO5S. The SMILES string of the molecule is CC(NC(=O)C1CCS(=O)(=O)C1)c1ccc2c(c1)OCO2. The van der Waals surface area contributed by atoms with Crippen molar-refractivity contribution < 1.29 is 22.7 Å². The first-order valence-electron chi connectivity index (χ1n) is 6.85. The Labute approximate surface area is 123 Å². The quantitative estimate of drug-likeness (QED) is 0.901. The van der Waals surface area contributed by atoms with Crippen LogP contribution in [0.5, 0.6) is 11.5 Å². The van der Waals surface area contributed by atoms with Crippen molar-refractivity contribution in [2.75, 3.05) is 18.3 Å². The fraction of sp³-hybridized carbons (Fsp3) is 0.500. The molecule has 1 N–H and O–H groups in total. The summed E-state index contributed by atoms with van der Waals surface area (Å²) in [6, 6.07) is 5.29. The summed E-state index contributed by atoms with van der Waals surface area (Å²) in [5, 5.41) is 2.87. The van der Waals surface area contributed by atoms with Gasteiger partial charge in [-0.2, -0.15) is 0 Å². The lowest BCUT2D eigenvalue weighted by Gasteiger charge is -2.17. The highest BCUT2D eigenvalue weighted by Crippen LogP contribution is 2.34. The summed E-state index contributed by atoms with van der Waals surface area (Å²) < 4.78 is 33.4. The number of rotatable bonds is 3. The van der Waals surface area contributed by atoms with E-state index in [0.29, 0.717) is 17.9 Å². The monoisotopic (exact) mass is 311 g/mol. The summed E-state index contributed by atoms with van der Waals surface area (Å²) in [5.74, 6) is 0.764. The predicted molar refractivity (Wildman–Crippen MR) is 75.9 cm³/mol. The third-order valence-corrected chi connectivity index (χ3v) is 5.63. The van der Waals surface area contributed by atoms with Crippen LogP contribution in [-0.4, -0.2) is 32.6 Å². The Morgan fingerprint density at radius 2 is 2.10 bits per heavy atom. The van der Waals surface area contributed by atoms with Gasteiger partial charge in [-0.25, -0.2) is 8.42 Å². The highest BCUT2D eigenvalue weighted by Gasteiger charge is 2.33. The molecule has 2 heterocycles. The molecular weight excluding hydrogens is 294 g/mol. The number of hydrogen-bond donors (Lipinski definition) is 1. The van der Waals surface area contributed by atoms with Crippen molar-refractivity contribution in [1.82, 2.24) is 5.32 Å². The molecule has 114 valence electrons. The molecule has 2 aliphatic heterocycles. The summed E-state index contributed by atoms with van der Waals surface area (Å²) in [6.45, 7) is 2.07. The minimum absolute atomic E-state index is 0.0489. The van der Waals surface area contributed by atoms with Gasteiger partial charge >= 0.3 is 0 Å². The molecule has 1 saturated heterocycles. The van der Waals surface area contributed by atoms with E-state index in [1.165, 1.54) is 0 Å². The zero-order valence-electron chi connectivity index (χ0n) is 11.7. The molecule has 21 heavy (non-hydrogen) atoms. The largest absolute Gasteiger partial charge is 0.454 e. The number of fused-ring (bicyclic) bond motifs is 1. The Morgan fingerprint density at radius 1 is 1.33 bits per heavy atom. The molecule has 0 radical (unpaired) electrons. The number of amides is 1. The maximum Gasteiger partial charge on any atom is 0.231 e. The van der Waals surface area contributed by atoms with E-state index in [4.69, 9.17) is 9.47 Å². The van der Waals surface area contributed by atoms with Crippen LogP contribution in [0.1, 0.15) is 24.9 Å². The van der Waals surface area contributed by atoms with Crippen molar-refractivity contribution in [3.05, 3.63) is 23.8 Å². The van der Waals surface area contributed by atoms with E-state index >= 15 is 0 Å². The summed E-state index contributed by atoms with van der Waals surface area (Å²) in [4.78, 5) is 12.1. The summed E-state index contributed by atoms with van der Waals surface area (Å²) >= 11 is 0. The van der Waals surface area contributed by atoms with E-state index in [1.54, 1.807) is 6.07 Å². The summed E-state index contributed by atoms with van der Waals surface area (Å²) in [5.41, 5.74) is 0.897. The first-order chi connectivity index (χ1) is 9.94. The predicted octanol–water partition coefficient (Wildman–Crippen LogP) is 1.03. The third kappa shape index (κ3) is 2.97. The van der Waals surface area contributed by atoms with Gasteiger partial charge in [0.05, 0.1) is 23.5 Å². The van der Waals surface area contributed by atoms with Crippen LogP contribution in [0, 0.1) is 5.92 Å². The minimum Gasteiger partial charge on any atom is -0.454 e. The zero-order valence-corrected chi connectivity index (χ0v) is 12.5. The second-order valence-electron chi connectivity index (χ2n) is 5.44. The van der Waals surface area contributed by atoms with E-state index in [0.717, 1.165) is 5.56 Å². The summed E-state index contributed by atoms with van der Waals surface area (Å²) in [6.07, 6.45) is 0.405. The van der Waals surface area contributed by atoms with Crippen LogP contribution in [-0.2, 0) is 14.6 Å². The maximum atomic E-state index is 12.1. The van der Waals surface area contributed by atoms with Gasteiger partial charge in [0.1, 0.15) is 0 Å². The maximum absolute atomic E-state index is 12.1. The molecule has 3 rings (SSSR count). The number of hydrogen-bond acceptors (Lipinski definition) is 5. The fourth-order valence-corrected chi connectivity index (χ4v) is 4.34. The lowest BCUT2D eigenvalue weighted by molar-refractivity contribution is -0.124. The van der Waals surface area contributed by atoms with Gasteiger partial charge < -0.3 is 14.8 Å². The van der Waals surface area contributed by atoms with Crippen LogP contribution in [0.3, 0.4) is 0 Å². The Bertz CT molecular complexity index is 670. The number of carbonyl (C=O) groups excluding carboxylic acids is 1. The normalized spacial score (nSPS) is 23.8. The molecule has 7 heteroatoms. The Morgan fingerprint density at radius 3 is 2.81 bits per heavy atom. The van der Waals surface area contributed by atoms with Crippen molar-refractivity contribution in [3.8, 4) is 11.5 Å². The summed E-state index contributed by atoms with van der Waals surface area (Å²) in [7, 11) is -3.05. The molecule has 2 unspecified atom stereocenters. The number of benzene rings is 1. The Hall–Kier alpha value is -1.76. The molecule has 1 aromatic carbocycles. The molecule has 1 aromatic rings. The van der Waals surface area contributed by atoms with Gasteiger partial charge in [0.25, 0.3) is 0 Å². The van der Waals surface area contributed by atoms with E-state index in [1.807, 2.05) is 19.1 Å². The molecule has 0 saturated carbocycles. The third-order valence-electron chi connectivity index (χ3n) is 3.86. The minimum atomic E-state index is -3.05. The first-order valence-corrected chi connectivity index (χ1v) is 8.67. The average molecular weight is 311 g/mol. The van der Waals surface area contributed by atoms with Crippen LogP contribution in [0.25, 0.3) is 0 Å². The molecule has 6 nitrogen and oxygen atoms in total. The number of carbonyl (C=O) groups is 1. The molecule has 1 amide bonds. The van der Waals surface area contributed by atoms with Crippen molar-refractivity contribution >= 4 is 15.7 Å². The Balaban J connectivity index is 1.66. The van der Waals surface area contributed by atoms with Crippen molar-refractivity contribution in [1.29, 1.82) is 0 Å². The van der Waals surface area contributed by atoms with Crippen LogP contribution in [0.15, 0.2) is 18.2 Å². The Kier molecular flexibility index (Phi) is 3.52. The van der Waals surface area contributed by atoms with Gasteiger partial charge in [-0.05, 0) is 31.0 Å². The molecule has 0 spiro atoms. The first kappa shape index (κ1) is 14.2. The highest BCUT2D eigenvalue weighted by atomic mass is 32.2. The molecule has 2 atom stereocenters. The van der Waals surface area contributed by atoms with E-state index < -0.39 is 15.8 Å². The number of sulfone groups is 1. The smallest absolute Gasteiger partial charge is 0.231 e. The van der Waals surface area contributed by atoms with Gasteiger partial charge in [-0.1, -0.05) is 6.07 Å². The van der Waals surface area contributed by atoms with Crippen molar-refractivity contribution in [2.45, 2.75) is 19.4 Å². The van der Waals surface area contributed by atoms with E-state index in [9.17, 15) is 13.2 Å². The lowest BCUT2D eigenvalue weighted by Crippen LogP contribution is -2.33. The number of ether oxygens (including phenoxy) is 2. The fourth-order valence-electron chi connectivity index (χ4n) is 2.60. The van der Waals surface area contributed by atoms with Crippen molar-refractivity contribution in [3.63, 3.8) is 0 Å². The molecule has 2 aliphatic rings. The topological polar surface area (TPSA) is 81.7 Å². The van der Waals surface area contributed by atoms with E-state index in [-0.39, 0.29) is 30.2 Å².